The number of methoxy groups -OCH3 is 1. The highest BCUT2D eigenvalue weighted by molar-refractivity contribution is 7.99. The summed E-state index contributed by atoms with van der Waals surface area (Å²) >= 11 is 1.46. The van der Waals surface area contributed by atoms with Gasteiger partial charge in [0.15, 0.2) is 0 Å². The minimum Gasteiger partial charge on any atom is -0.496 e. The van der Waals surface area contributed by atoms with Crippen molar-refractivity contribution in [2.24, 2.45) is 0 Å². The van der Waals surface area contributed by atoms with E-state index in [1.54, 1.807) is 19.2 Å². The number of thioether (sulfide) groups is 1. The Kier molecular flexibility index (Phi) is 7.07. The van der Waals surface area contributed by atoms with Gasteiger partial charge in [0.2, 0.25) is 15.9 Å². The van der Waals surface area contributed by atoms with E-state index in [4.69, 9.17) is 4.74 Å². The fourth-order valence-electron chi connectivity index (χ4n) is 2.22. The largest absolute Gasteiger partial charge is 0.496 e. The van der Waals surface area contributed by atoms with E-state index in [1.807, 2.05) is 24.3 Å². The van der Waals surface area contributed by atoms with Crippen molar-refractivity contribution in [3.05, 3.63) is 54.1 Å². The van der Waals surface area contributed by atoms with E-state index in [0.29, 0.717) is 11.4 Å². The molecule has 0 atom stereocenters. The highest BCUT2D eigenvalue weighted by Gasteiger charge is 2.17. The number of sulfonamides is 1. The molecule has 0 unspecified atom stereocenters. The van der Waals surface area contributed by atoms with Gasteiger partial charge in [-0.15, -0.1) is 11.8 Å². The number of hydrogen-bond acceptors (Lipinski definition) is 5. The Morgan fingerprint density at radius 3 is 2.58 bits per heavy atom. The highest BCUT2D eigenvalue weighted by Crippen LogP contribution is 2.23. The fourth-order valence-corrected chi connectivity index (χ4v) is 3.98. The van der Waals surface area contributed by atoms with Crippen LogP contribution >= 0.6 is 11.8 Å². The van der Waals surface area contributed by atoms with Crippen LogP contribution in [0.4, 0.5) is 5.69 Å². The number of ether oxygens (including phenoxy) is 1. The number of benzene rings is 2. The fraction of sp³-hybridized carbons (Fsp3) is 0.278. The quantitative estimate of drug-likeness (QED) is 0.745. The summed E-state index contributed by atoms with van der Waals surface area (Å²) in [4.78, 5) is 12.3. The van der Waals surface area contributed by atoms with Crippen LogP contribution in [-0.2, 0) is 20.6 Å². The second-order valence-corrected chi connectivity index (χ2v) is 8.81. The predicted octanol–water partition coefficient (Wildman–Crippen LogP) is 2.82. The molecular weight excluding hydrogens is 372 g/mol. The van der Waals surface area contributed by atoms with Gasteiger partial charge in [-0.2, -0.15) is 0 Å². The zero-order valence-corrected chi connectivity index (χ0v) is 16.6. The van der Waals surface area contributed by atoms with Crippen LogP contribution in [0.1, 0.15) is 5.56 Å². The highest BCUT2D eigenvalue weighted by atomic mass is 32.2. The number of nitrogens with zero attached hydrogens (tertiary/aromatic N) is 1. The second-order valence-electron chi connectivity index (χ2n) is 5.67. The summed E-state index contributed by atoms with van der Waals surface area (Å²) in [6.07, 6.45) is 0. The molecule has 1 N–H and O–H groups in total. The van der Waals surface area contributed by atoms with Crippen molar-refractivity contribution < 1.29 is 17.9 Å². The molecule has 140 valence electrons. The van der Waals surface area contributed by atoms with Crippen LogP contribution in [0, 0.1) is 0 Å². The third-order valence-corrected chi connectivity index (χ3v) is 6.37. The van der Waals surface area contributed by atoms with Crippen molar-refractivity contribution in [2.75, 3.05) is 32.3 Å². The first kappa shape index (κ1) is 20.3. The third kappa shape index (κ3) is 5.23. The summed E-state index contributed by atoms with van der Waals surface area (Å²) in [5.74, 6) is 1.50. The van der Waals surface area contributed by atoms with Crippen molar-refractivity contribution in [3.63, 3.8) is 0 Å². The van der Waals surface area contributed by atoms with E-state index in [0.717, 1.165) is 15.6 Å². The summed E-state index contributed by atoms with van der Waals surface area (Å²) in [5.41, 5.74) is 1.47. The van der Waals surface area contributed by atoms with E-state index in [9.17, 15) is 13.2 Å². The molecule has 0 bridgehead atoms. The Labute approximate surface area is 158 Å². The lowest BCUT2D eigenvalue weighted by Gasteiger charge is -2.12. The number of anilines is 1. The molecule has 0 spiro atoms. The SMILES string of the molecule is COc1ccccc1CSCC(=O)Nc1cccc(S(=O)(=O)N(C)C)c1. The van der Waals surface area contributed by atoms with Gasteiger partial charge in [-0.05, 0) is 24.3 Å². The van der Waals surface area contributed by atoms with Crippen LogP contribution in [0.2, 0.25) is 0 Å². The first-order chi connectivity index (χ1) is 12.3. The average molecular weight is 395 g/mol. The van der Waals surface area contributed by atoms with Gasteiger partial charge in [-0.25, -0.2) is 12.7 Å². The van der Waals surface area contributed by atoms with E-state index < -0.39 is 10.0 Å². The molecule has 0 aliphatic rings. The first-order valence-electron chi connectivity index (χ1n) is 7.86. The Morgan fingerprint density at radius 1 is 1.15 bits per heavy atom. The van der Waals surface area contributed by atoms with Crippen molar-refractivity contribution in [1.82, 2.24) is 4.31 Å². The van der Waals surface area contributed by atoms with Crippen LogP contribution in [0.5, 0.6) is 5.75 Å². The van der Waals surface area contributed by atoms with Crippen LogP contribution in [-0.4, -0.2) is 45.6 Å². The first-order valence-corrected chi connectivity index (χ1v) is 10.5. The number of hydrogen-bond donors (Lipinski definition) is 1. The van der Waals surface area contributed by atoms with Gasteiger partial charge >= 0.3 is 0 Å². The molecule has 0 aromatic heterocycles. The number of amides is 1. The van der Waals surface area contributed by atoms with Gasteiger partial charge in [0.25, 0.3) is 0 Å². The molecular formula is C18H22N2O4S2. The molecule has 0 saturated heterocycles. The van der Waals surface area contributed by atoms with Crippen LogP contribution in [0.3, 0.4) is 0 Å². The molecule has 0 aliphatic carbocycles. The summed E-state index contributed by atoms with van der Waals surface area (Å²) in [6, 6.07) is 13.9. The van der Waals surface area contributed by atoms with Crippen LogP contribution in [0.15, 0.2) is 53.4 Å². The molecule has 0 radical (unpaired) electrons. The smallest absolute Gasteiger partial charge is 0.242 e. The lowest BCUT2D eigenvalue weighted by Crippen LogP contribution is -2.22. The van der Waals surface area contributed by atoms with Gasteiger partial charge in [0.05, 0.1) is 17.8 Å². The number of carbonyl (C=O) groups is 1. The van der Waals surface area contributed by atoms with Crippen LogP contribution in [0.25, 0.3) is 0 Å². The van der Waals surface area contributed by atoms with Crippen molar-refractivity contribution in [1.29, 1.82) is 0 Å². The molecule has 6 nitrogen and oxygen atoms in total. The Hall–Kier alpha value is -2.03. The summed E-state index contributed by atoms with van der Waals surface area (Å²) in [5, 5.41) is 2.73. The molecule has 2 rings (SSSR count). The predicted molar refractivity (Wildman–Crippen MR) is 105 cm³/mol. The minimum atomic E-state index is -3.53. The number of carbonyl (C=O) groups excluding carboxylic acids is 1. The molecule has 0 aliphatic heterocycles. The van der Waals surface area contributed by atoms with Gasteiger partial charge in [-0.1, -0.05) is 24.3 Å². The summed E-state index contributed by atoms with van der Waals surface area (Å²) in [7, 11) is 1.02. The van der Waals surface area contributed by atoms with Gasteiger partial charge in [0, 0.05) is 31.1 Å². The summed E-state index contributed by atoms with van der Waals surface area (Å²) < 4.78 is 30.7. The number of nitrogens with one attached hydrogen (secondary N) is 1. The molecule has 0 saturated carbocycles. The maximum absolute atomic E-state index is 12.2. The third-order valence-electron chi connectivity index (χ3n) is 3.58. The molecule has 2 aromatic rings. The zero-order valence-electron chi connectivity index (χ0n) is 14.9. The Morgan fingerprint density at radius 2 is 1.88 bits per heavy atom. The molecule has 8 heteroatoms. The maximum atomic E-state index is 12.2. The van der Waals surface area contributed by atoms with E-state index in [-0.39, 0.29) is 16.6 Å². The second kappa shape index (κ2) is 9.07. The molecule has 26 heavy (non-hydrogen) atoms. The molecule has 1 amide bonds. The number of para-hydroxylation sites is 1. The normalized spacial score (nSPS) is 11.4. The van der Waals surface area contributed by atoms with Gasteiger partial charge in [0.1, 0.15) is 5.75 Å². The topological polar surface area (TPSA) is 75.7 Å². The van der Waals surface area contributed by atoms with Gasteiger partial charge < -0.3 is 10.1 Å². The van der Waals surface area contributed by atoms with E-state index in [2.05, 4.69) is 5.32 Å². The van der Waals surface area contributed by atoms with E-state index in [1.165, 1.54) is 38.0 Å². The lowest BCUT2D eigenvalue weighted by molar-refractivity contribution is -0.113. The van der Waals surface area contributed by atoms with Gasteiger partial charge in [-0.3, -0.25) is 4.79 Å². The monoisotopic (exact) mass is 394 g/mol. The van der Waals surface area contributed by atoms with E-state index >= 15 is 0 Å². The van der Waals surface area contributed by atoms with Crippen molar-refractivity contribution in [3.8, 4) is 5.75 Å². The van der Waals surface area contributed by atoms with Crippen LogP contribution < -0.4 is 10.1 Å². The maximum Gasteiger partial charge on any atom is 0.242 e. The standard InChI is InChI=1S/C18H22N2O4S2/c1-20(2)26(22,23)16-9-6-8-15(11-16)19-18(21)13-25-12-14-7-4-5-10-17(14)24-3/h4-11H,12-13H2,1-3H3,(H,19,21). The van der Waals surface area contributed by atoms with Crippen molar-refractivity contribution in [2.45, 2.75) is 10.6 Å². The molecule has 2 aromatic carbocycles. The zero-order chi connectivity index (χ0) is 19.2. The summed E-state index contributed by atoms with van der Waals surface area (Å²) in [6.45, 7) is 0. The molecule has 0 heterocycles. The average Bonchev–Trinajstić information content (AvgIpc) is 2.62. The lowest BCUT2D eigenvalue weighted by atomic mass is 10.2. The minimum absolute atomic E-state index is 0.141. The molecule has 0 fully saturated rings. The van der Waals surface area contributed by atoms with Crippen molar-refractivity contribution >= 4 is 33.4 Å². The Balaban J connectivity index is 1.94. The number of rotatable bonds is 8. The Bertz CT molecular complexity index is 867.